The van der Waals surface area contributed by atoms with Gasteiger partial charge in [0.15, 0.2) is 11.5 Å². The third kappa shape index (κ3) is 4.03. The third-order valence-electron chi connectivity index (χ3n) is 7.19. The highest BCUT2D eigenvalue weighted by Gasteiger charge is 2.62. The van der Waals surface area contributed by atoms with E-state index in [9.17, 15) is 9.18 Å². The fraction of sp³-hybridized carbons (Fsp3) is 0.367. The number of carbonyl (C=O) groups is 1. The second-order valence-electron chi connectivity index (χ2n) is 10.3. The number of Topliss-reactive ketones (excluding diaryl/α,β-unsaturated/α-hetero) is 1. The number of fused-ring (bicyclic) bond motifs is 2. The van der Waals surface area contributed by atoms with E-state index in [-0.39, 0.29) is 29.7 Å². The minimum Gasteiger partial charge on any atom is -0.488 e. The first-order chi connectivity index (χ1) is 17.1. The molecule has 0 radical (unpaired) electrons. The van der Waals surface area contributed by atoms with Crippen LogP contribution in [0.2, 0.25) is 0 Å². The number of anilines is 1. The first-order valence-corrected chi connectivity index (χ1v) is 12.3. The minimum absolute atomic E-state index is 0.0540. The Labute approximate surface area is 211 Å². The van der Waals surface area contributed by atoms with Crippen molar-refractivity contribution in [1.29, 1.82) is 0 Å². The monoisotopic (exact) mass is 489 g/mol. The topological polar surface area (TPSA) is 60.1 Å². The van der Waals surface area contributed by atoms with Crippen LogP contribution in [0.1, 0.15) is 62.3 Å². The predicted octanol–water partition coefficient (Wildman–Crippen LogP) is 6.58. The fourth-order valence-corrected chi connectivity index (χ4v) is 5.45. The molecule has 0 bridgehead atoms. The number of aryl methyl sites for hydroxylation is 1. The number of ether oxygens (including phenoxy) is 3. The molecule has 1 fully saturated rings. The smallest absolute Gasteiger partial charge is 0.279 e. The van der Waals surface area contributed by atoms with Gasteiger partial charge in [0.25, 0.3) is 5.79 Å². The van der Waals surface area contributed by atoms with Crippen molar-refractivity contribution in [3.05, 3.63) is 88.0 Å². The standard InChI is InChI=1S/C30H32FNO4/c1-7-25(33)19-12-23(30(34-6)27(13-19)36-30)21-10-11-24-28(18(3)15-29(4,5)32-24)22(21)16-35-26-14-20(31)9-8-17(26)2/h8-15,23,32H,7,16H2,1-6H3. The Hall–Kier alpha value is -3.38. The lowest BCUT2D eigenvalue weighted by Crippen LogP contribution is -2.33. The molecule has 36 heavy (non-hydrogen) atoms. The molecule has 2 heterocycles. The molecule has 1 N–H and O–H groups in total. The molecular weight excluding hydrogens is 457 g/mol. The van der Waals surface area contributed by atoms with Crippen molar-refractivity contribution in [3.63, 3.8) is 0 Å². The number of carbonyl (C=O) groups excluding carboxylic acids is 1. The Morgan fingerprint density at radius 3 is 2.69 bits per heavy atom. The van der Waals surface area contributed by atoms with Gasteiger partial charge in [-0.25, -0.2) is 4.39 Å². The Bertz CT molecular complexity index is 1350. The lowest BCUT2D eigenvalue weighted by molar-refractivity contribution is -0.115. The molecule has 0 saturated carbocycles. The summed E-state index contributed by atoms with van der Waals surface area (Å²) in [6.07, 6.45) is 6.33. The first kappa shape index (κ1) is 24.3. The van der Waals surface area contributed by atoms with E-state index in [1.165, 1.54) is 12.1 Å². The summed E-state index contributed by atoms with van der Waals surface area (Å²) in [5, 5.41) is 3.60. The molecule has 6 heteroatoms. The normalized spacial score (nSPS) is 23.2. The number of hydrogen-bond acceptors (Lipinski definition) is 5. The van der Waals surface area contributed by atoms with Crippen LogP contribution in [0.3, 0.4) is 0 Å². The van der Waals surface area contributed by atoms with Crippen molar-refractivity contribution < 1.29 is 23.4 Å². The fourth-order valence-electron chi connectivity index (χ4n) is 5.45. The maximum Gasteiger partial charge on any atom is 0.279 e. The summed E-state index contributed by atoms with van der Waals surface area (Å²) < 4.78 is 32.1. The lowest BCUT2D eigenvalue weighted by Gasteiger charge is -2.34. The van der Waals surface area contributed by atoms with Gasteiger partial charge in [-0.15, -0.1) is 0 Å². The van der Waals surface area contributed by atoms with E-state index in [0.29, 0.717) is 23.5 Å². The van der Waals surface area contributed by atoms with Crippen LogP contribution in [0.15, 0.2) is 59.9 Å². The molecule has 3 aliphatic rings. The largest absolute Gasteiger partial charge is 0.488 e. The predicted molar refractivity (Wildman–Crippen MR) is 138 cm³/mol. The number of nitrogens with one attached hydrogen (secondary N) is 1. The number of rotatable bonds is 7. The Morgan fingerprint density at radius 2 is 1.97 bits per heavy atom. The summed E-state index contributed by atoms with van der Waals surface area (Å²) >= 11 is 0. The molecule has 0 aromatic heterocycles. The van der Waals surface area contributed by atoms with Crippen LogP contribution in [0, 0.1) is 12.7 Å². The van der Waals surface area contributed by atoms with E-state index in [1.807, 2.05) is 19.9 Å². The molecule has 0 amide bonds. The van der Waals surface area contributed by atoms with Gasteiger partial charge in [-0.2, -0.15) is 0 Å². The molecule has 1 aliphatic carbocycles. The summed E-state index contributed by atoms with van der Waals surface area (Å²) in [5.41, 5.74) is 6.34. The van der Waals surface area contributed by atoms with Crippen LogP contribution in [-0.2, 0) is 20.9 Å². The highest BCUT2D eigenvalue weighted by atomic mass is 19.1. The summed E-state index contributed by atoms with van der Waals surface area (Å²) in [6, 6.07) is 8.67. The van der Waals surface area contributed by atoms with Crippen LogP contribution >= 0.6 is 0 Å². The molecule has 2 unspecified atom stereocenters. The van der Waals surface area contributed by atoms with Gasteiger partial charge in [-0.1, -0.05) is 31.2 Å². The van der Waals surface area contributed by atoms with Crippen molar-refractivity contribution in [1.82, 2.24) is 0 Å². The van der Waals surface area contributed by atoms with Gasteiger partial charge in [0.1, 0.15) is 18.2 Å². The molecule has 2 atom stereocenters. The summed E-state index contributed by atoms with van der Waals surface area (Å²) in [5.74, 6) is -0.412. The van der Waals surface area contributed by atoms with Crippen molar-refractivity contribution in [2.75, 3.05) is 12.4 Å². The Balaban J connectivity index is 1.65. The van der Waals surface area contributed by atoms with E-state index in [2.05, 4.69) is 44.3 Å². The van der Waals surface area contributed by atoms with Crippen molar-refractivity contribution in [2.45, 2.75) is 64.9 Å². The molecule has 5 nitrogen and oxygen atoms in total. The van der Waals surface area contributed by atoms with E-state index in [1.54, 1.807) is 19.3 Å². The summed E-state index contributed by atoms with van der Waals surface area (Å²) in [6.45, 7) is 10.3. The van der Waals surface area contributed by atoms with Gasteiger partial charge in [-0.05, 0) is 62.6 Å². The summed E-state index contributed by atoms with van der Waals surface area (Å²) in [4.78, 5) is 12.6. The van der Waals surface area contributed by atoms with Crippen molar-refractivity contribution in [3.8, 4) is 5.75 Å². The number of epoxide rings is 1. The van der Waals surface area contributed by atoms with E-state index < -0.39 is 5.79 Å². The SMILES string of the molecule is CCC(=O)C1=CC(c2ccc3c(c2COc2cc(F)ccc2C)C(C)=CC(C)(C)N3)C2(OC)OC2=C1. The molecule has 2 aliphatic heterocycles. The minimum atomic E-state index is -0.936. The number of hydrogen-bond donors (Lipinski definition) is 1. The van der Waals surface area contributed by atoms with Gasteiger partial charge in [0.2, 0.25) is 0 Å². The average molecular weight is 490 g/mol. The molecule has 2 aromatic rings. The van der Waals surface area contributed by atoms with Gasteiger partial charge < -0.3 is 19.5 Å². The van der Waals surface area contributed by atoms with Crippen molar-refractivity contribution >= 4 is 17.0 Å². The molecule has 5 rings (SSSR count). The number of halogens is 1. The van der Waals surface area contributed by atoms with Crippen LogP contribution in [0.25, 0.3) is 5.57 Å². The van der Waals surface area contributed by atoms with Crippen LogP contribution < -0.4 is 10.1 Å². The number of benzene rings is 2. The first-order valence-electron chi connectivity index (χ1n) is 12.3. The zero-order chi connectivity index (χ0) is 25.8. The molecule has 1 saturated heterocycles. The van der Waals surface area contributed by atoms with E-state index in [4.69, 9.17) is 14.2 Å². The van der Waals surface area contributed by atoms with E-state index in [0.717, 1.165) is 33.5 Å². The number of allylic oxidation sites excluding steroid dienone is 3. The second kappa shape index (κ2) is 8.63. The summed E-state index contributed by atoms with van der Waals surface area (Å²) in [7, 11) is 1.62. The quantitative estimate of drug-likeness (QED) is 0.445. The average Bonchev–Trinajstić information content (AvgIpc) is 3.57. The van der Waals surface area contributed by atoms with Crippen molar-refractivity contribution in [2.24, 2.45) is 0 Å². The third-order valence-corrected chi connectivity index (χ3v) is 7.19. The number of ketones is 1. The van der Waals surface area contributed by atoms with Gasteiger partial charge in [-0.3, -0.25) is 4.79 Å². The Kier molecular flexibility index (Phi) is 5.83. The highest BCUT2D eigenvalue weighted by Crippen LogP contribution is 2.57. The lowest BCUT2D eigenvalue weighted by atomic mass is 9.79. The van der Waals surface area contributed by atoms with Crippen LogP contribution in [0.4, 0.5) is 10.1 Å². The molecule has 2 aromatic carbocycles. The second-order valence-corrected chi connectivity index (χ2v) is 10.3. The molecule has 188 valence electrons. The van der Waals surface area contributed by atoms with Crippen LogP contribution in [-0.4, -0.2) is 24.2 Å². The number of methoxy groups -OCH3 is 1. The van der Waals surface area contributed by atoms with Gasteiger partial charge in [0, 0.05) is 42.0 Å². The van der Waals surface area contributed by atoms with Gasteiger partial charge >= 0.3 is 0 Å². The zero-order valence-corrected chi connectivity index (χ0v) is 21.6. The highest BCUT2D eigenvalue weighted by molar-refractivity contribution is 5.98. The van der Waals surface area contributed by atoms with E-state index >= 15 is 0 Å². The maximum atomic E-state index is 14.0. The molecular formula is C30H32FNO4. The Morgan fingerprint density at radius 1 is 1.19 bits per heavy atom. The molecule has 0 spiro atoms. The van der Waals surface area contributed by atoms with Crippen LogP contribution in [0.5, 0.6) is 5.75 Å². The zero-order valence-electron chi connectivity index (χ0n) is 21.6. The van der Waals surface area contributed by atoms with Gasteiger partial charge in [0.05, 0.1) is 11.5 Å². The maximum absolute atomic E-state index is 14.0.